The Kier molecular flexibility index (Phi) is 8.24. The third-order valence-electron chi connectivity index (χ3n) is 2.91. The normalized spacial score (nSPS) is 13.3. The summed E-state index contributed by atoms with van der Waals surface area (Å²) in [6.45, 7) is 7.57. The average molecular weight is 332 g/mol. The molecule has 1 aromatic heterocycles. The molecule has 0 aliphatic carbocycles. The summed E-state index contributed by atoms with van der Waals surface area (Å²) in [6.07, 6.45) is 2.42. The maximum atomic E-state index is 12.2. The lowest BCUT2D eigenvalue weighted by Crippen LogP contribution is -2.33. The molecule has 0 aliphatic rings. The number of pyridine rings is 1. The predicted octanol–water partition coefficient (Wildman–Crippen LogP) is 2.00. The molecule has 21 heavy (non-hydrogen) atoms. The summed E-state index contributed by atoms with van der Waals surface area (Å²) in [6, 6.07) is 3.27. The third-order valence-corrected chi connectivity index (χ3v) is 5.35. The van der Waals surface area contributed by atoms with Gasteiger partial charge in [-0.25, -0.2) is 18.1 Å². The van der Waals surface area contributed by atoms with Crippen LogP contribution in [0.1, 0.15) is 32.8 Å². The van der Waals surface area contributed by atoms with Gasteiger partial charge in [0.05, 0.1) is 0 Å². The van der Waals surface area contributed by atoms with Gasteiger partial charge < -0.3 is 5.32 Å². The van der Waals surface area contributed by atoms with Gasteiger partial charge in [-0.1, -0.05) is 19.9 Å². The Morgan fingerprint density at radius 1 is 1.33 bits per heavy atom. The molecule has 1 rings (SSSR count). The average Bonchev–Trinajstić information content (AvgIpc) is 2.45. The van der Waals surface area contributed by atoms with Crippen LogP contribution >= 0.6 is 11.8 Å². The molecule has 0 spiro atoms. The zero-order valence-electron chi connectivity index (χ0n) is 12.9. The summed E-state index contributed by atoms with van der Waals surface area (Å²) in [5.41, 5.74) is 0.975. The second kappa shape index (κ2) is 9.40. The molecule has 2 N–H and O–H groups in total. The van der Waals surface area contributed by atoms with E-state index in [1.165, 1.54) is 0 Å². The van der Waals surface area contributed by atoms with Crippen LogP contribution in [-0.2, 0) is 16.6 Å². The maximum absolute atomic E-state index is 12.2. The first-order valence-electron chi connectivity index (χ1n) is 7.25. The fourth-order valence-corrected chi connectivity index (χ4v) is 3.75. The van der Waals surface area contributed by atoms with E-state index >= 15 is 0 Å². The van der Waals surface area contributed by atoms with Crippen LogP contribution in [0.5, 0.6) is 0 Å². The summed E-state index contributed by atoms with van der Waals surface area (Å²) < 4.78 is 27.1. The van der Waals surface area contributed by atoms with Crippen molar-refractivity contribution in [1.29, 1.82) is 0 Å². The molecule has 0 bridgehead atoms. The molecule has 1 atom stereocenters. The number of thioether (sulfide) groups is 1. The Labute approximate surface area is 132 Å². The first kappa shape index (κ1) is 18.4. The molecule has 0 saturated heterocycles. The second-order valence-electron chi connectivity index (χ2n) is 4.79. The largest absolute Gasteiger partial charge is 0.313 e. The molecular weight excluding hydrogens is 306 g/mol. The summed E-state index contributed by atoms with van der Waals surface area (Å²) in [5.74, 6) is 2.00. The molecule has 0 aromatic carbocycles. The van der Waals surface area contributed by atoms with Gasteiger partial charge in [-0.2, -0.15) is 11.8 Å². The van der Waals surface area contributed by atoms with Gasteiger partial charge in [0, 0.05) is 18.8 Å². The summed E-state index contributed by atoms with van der Waals surface area (Å²) in [7, 11) is -3.52. The van der Waals surface area contributed by atoms with E-state index in [4.69, 9.17) is 0 Å². The number of sulfonamides is 1. The van der Waals surface area contributed by atoms with Crippen molar-refractivity contribution < 1.29 is 8.42 Å². The number of rotatable bonds is 10. The van der Waals surface area contributed by atoms with Crippen molar-refractivity contribution in [2.45, 2.75) is 44.8 Å². The lowest BCUT2D eigenvalue weighted by Gasteiger charge is -2.13. The van der Waals surface area contributed by atoms with Crippen LogP contribution in [0.4, 0.5) is 0 Å². The minimum absolute atomic E-state index is 0.0812. The highest BCUT2D eigenvalue weighted by Gasteiger charge is 2.18. The lowest BCUT2D eigenvalue weighted by molar-refractivity contribution is 0.553. The van der Waals surface area contributed by atoms with E-state index < -0.39 is 10.0 Å². The molecule has 7 heteroatoms. The SMILES string of the molecule is CCNCc1ccc(S(=O)(=O)NC(C)CCSCC)nc1. The number of nitrogens with zero attached hydrogens (tertiary/aromatic N) is 1. The molecule has 1 aromatic rings. The zero-order chi connectivity index (χ0) is 15.7. The maximum Gasteiger partial charge on any atom is 0.258 e. The molecule has 0 amide bonds. The Balaban J connectivity index is 2.61. The minimum Gasteiger partial charge on any atom is -0.313 e. The molecule has 0 aliphatic heterocycles. The number of hydrogen-bond acceptors (Lipinski definition) is 5. The van der Waals surface area contributed by atoms with Gasteiger partial charge in [0.25, 0.3) is 10.0 Å². The van der Waals surface area contributed by atoms with Crippen molar-refractivity contribution in [1.82, 2.24) is 15.0 Å². The van der Waals surface area contributed by atoms with Gasteiger partial charge in [-0.05, 0) is 43.0 Å². The highest BCUT2D eigenvalue weighted by atomic mass is 32.2. The topological polar surface area (TPSA) is 71.1 Å². The molecule has 0 saturated carbocycles. The van der Waals surface area contributed by atoms with Crippen LogP contribution in [0.25, 0.3) is 0 Å². The fraction of sp³-hybridized carbons (Fsp3) is 0.643. The monoisotopic (exact) mass is 331 g/mol. The van der Waals surface area contributed by atoms with E-state index in [2.05, 4.69) is 21.9 Å². The highest BCUT2D eigenvalue weighted by Crippen LogP contribution is 2.10. The van der Waals surface area contributed by atoms with Crippen molar-refractivity contribution in [3.8, 4) is 0 Å². The van der Waals surface area contributed by atoms with E-state index in [1.54, 1.807) is 18.3 Å². The van der Waals surface area contributed by atoms with Gasteiger partial charge >= 0.3 is 0 Å². The smallest absolute Gasteiger partial charge is 0.258 e. The van der Waals surface area contributed by atoms with E-state index in [1.807, 2.05) is 25.6 Å². The van der Waals surface area contributed by atoms with Crippen LogP contribution in [0.15, 0.2) is 23.4 Å². The predicted molar refractivity (Wildman–Crippen MR) is 89.0 cm³/mol. The third kappa shape index (κ3) is 6.78. The van der Waals surface area contributed by atoms with Gasteiger partial charge in [0.2, 0.25) is 0 Å². The van der Waals surface area contributed by atoms with E-state index in [-0.39, 0.29) is 11.1 Å². The lowest BCUT2D eigenvalue weighted by atomic mass is 10.3. The van der Waals surface area contributed by atoms with Crippen LogP contribution in [0, 0.1) is 0 Å². The number of aromatic nitrogens is 1. The first-order valence-corrected chi connectivity index (χ1v) is 9.89. The van der Waals surface area contributed by atoms with Gasteiger partial charge in [0.1, 0.15) is 0 Å². The van der Waals surface area contributed by atoms with Crippen LogP contribution in [-0.4, -0.2) is 37.5 Å². The van der Waals surface area contributed by atoms with Crippen LogP contribution < -0.4 is 10.0 Å². The summed E-state index contributed by atoms with van der Waals surface area (Å²) >= 11 is 1.81. The Morgan fingerprint density at radius 2 is 2.10 bits per heavy atom. The summed E-state index contributed by atoms with van der Waals surface area (Å²) in [5, 5.41) is 3.26. The fourth-order valence-electron chi connectivity index (χ4n) is 1.73. The molecule has 1 heterocycles. The molecule has 5 nitrogen and oxygen atoms in total. The van der Waals surface area contributed by atoms with Crippen molar-refractivity contribution in [3.05, 3.63) is 23.9 Å². The number of nitrogens with one attached hydrogen (secondary N) is 2. The molecule has 120 valence electrons. The van der Waals surface area contributed by atoms with Gasteiger partial charge in [-0.15, -0.1) is 0 Å². The summed E-state index contributed by atoms with van der Waals surface area (Å²) in [4.78, 5) is 4.06. The Bertz CT molecular complexity index is 503. The van der Waals surface area contributed by atoms with Crippen LogP contribution in [0.3, 0.4) is 0 Å². The Hall–Kier alpha value is -0.630. The van der Waals surface area contributed by atoms with Gasteiger partial charge in [-0.3, -0.25) is 0 Å². The van der Waals surface area contributed by atoms with Crippen molar-refractivity contribution >= 4 is 21.8 Å². The second-order valence-corrected chi connectivity index (χ2v) is 7.85. The quantitative estimate of drug-likeness (QED) is 0.642. The van der Waals surface area contributed by atoms with Crippen molar-refractivity contribution in [2.75, 3.05) is 18.1 Å². The standard InChI is InChI=1S/C14H25N3O2S2/c1-4-15-10-13-6-7-14(16-11-13)21(18,19)17-12(3)8-9-20-5-2/h6-7,11-12,15,17H,4-5,8-10H2,1-3H3. The number of hydrogen-bond donors (Lipinski definition) is 2. The molecule has 0 fully saturated rings. The first-order chi connectivity index (χ1) is 9.99. The molecular formula is C14H25N3O2S2. The highest BCUT2D eigenvalue weighted by molar-refractivity contribution is 7.99. The van der Waals surface area contributed by atoms with E-state index in [0.29, 0.717) is 6.54 Å². The zero-order valence-corrected chi connectivity index (χ0v) is 14.6. The van der Waals surface area contributed by atoms with Crippen LogP contribution in [0.2, 0.25) is 0 Å². The molecule has 0 radical (unpaired) electrons. The van der Waals surface area contributed by atoms with E-state index in [9.17, 15) is 8.42 Å². The van der Waals surface area contributed by atoms with Crippen molar-refractivity contribution in [2.24, 2.45) is 0 Å². The van der Waals surface area contributed by atoms with Crippen molar-refractivity contribution in [3.63, 3.8) is 0 Å². The van der Waals surface area contributed by atoms with E-state index in [0.717, 1.165) is 30.0 Å². The van der Waals surface area contributed by atoms with Gasteiger partial charge in [0.15, 0.2) is 5.03 Å². The molecule has 1 unspecified atom stereocenters. The minimum atomic E-state index is -3.52. The Morgan fingerprint density at radius 3 is 2.67 bits per heavy atom.